The van der Waals surface area contributed by atoms with Crippen LogP contribution in [0.2, 0.25) is 0 Å². The highest BCUT2D eigenvalue weighted by atomic mass is 16.4. The zero-order valence-electron chi connectivity index (χ0n) is 15.2. The molecule has 0 aliphatic carbocycles. The molecule has 1 atom stereocenters. The molecule has 3 rings (SSSR count). The highest BCUT2D eigenvalue weighted by Crippen LogP contribution is 2.12. The van der Waals surface area contributed by atoms with Crippen LogP contribution in [0, 0.1) is 0 Å². The molecule has 0 aliphatic rings. The molecule has 0 aliphatic heterocycles. The van der Waals surface area contributed by atoms with E-state index in [1.165, 1.54) is 4.80 Å². The Morgan fingerprint density at radius 3 is 2.39 bits per heavy atom. The van der Waals surface area contributed by atoms with E-state index in [4.69, 9.17) is 5.11 Å². The van der Waals surface area contributed by atoms with Crippen LogP contribution >= 0.6 is 0 Å². The molecule has 0 saturated carbocycles. The van der Waals surface area contributed by atoms with Gasteiger partial charge in [-0.05, 0) is 23.6 Å². The van der Waals surface area contributed by atoms with Gasteiger partial charge in [0.15, 0.2) is 0 Å². The number of nitrogens with zero attached hydrogens (tertiary/aromatic N) is 4. The number of carboxylic acid groups (broad SMARTS) is 1. The number of benzene rings is 2. The summed E-state index contributed by atoms with van der Waals surface area (Å²) in [6.07, 6.45) is 0.882. The molecular weight excluding hydrogens is 358 g/mol. The van der Waals surface area contributed by atoms with Gasteiger partial charge in [0.1, 0.15) is 6.54 Å². The van der Waals surface area contributed by atoms with Crippen molar-refractivity contribution >= 4 is 11.9 Å². The van der Waals surface area contributed by atoms with Crippen LogP contribution in [-0.2, 0) is 22.6 Å². The van der Waals surface area contributed by atoms with Crippen LogP contribution in [0.1, 0.15) is 18.4 Å². The number of hydrogen-bond donors (Lipinski definition) is 2. The molecule has 28 heavy (non-hydrogen) atoms. The first kappa shape index (κ1) is 19.2. The van der Waals surface area contributed by atoms with E-state index in [9.17, 15) is 9.59 Å². The van der Waals surface area contributed by atoms with E-state index in [-0.39, 0.29) is 24.9 Å². The van der Waals surface area contributed by atoms with Gasteiger partial charge in [0.05, 0.1) is 0 Å². The Balaban J connectivity index is 1.61. The van der Waals surface area contributed by atoms with Crippen LogP contribution in [0.15, 0.2) is 60.7 Å². The van der Waals surface area contributed by atoms with Crippen LogP contribution in [-0.4, -0.2) is 43.2 Å². The average molecular weight is 379 g/mol. The number of nitrogens with one attached hydrogen (secondary N) is 1. The summed E-state index contributed by atoms with van der Waals surface area (Å²) in [7, 11) is 0. The molecule has 0 saturated heterocycles. The van der Waals surface area contributed by atoms with Gasteiger partial charge in [0, 0.05) is 18.0 Å². The van der Waals surface area contributed by atoms with Crippen molar-refractivity contribution in [3.05, 3.63) is 66.2 Å². The maximum atomic E-state index is 12.4. The largest absolute Gasteiger partial charge is 0.481 e. The van der Waals surface area contributed by atoms with Crippen molar-refractivity contribution in [1.29, 1.82) is 0 Å². The first-order chi connectivity index (χ1) is 13.6. The van der Waals surface area contributed by atoms with Gasteiger partial charge in [-0.25, -0.2) is 0 Å². The third kappa shape index (κ3) is 5.73. The second-order valence-corrected chi connectivity index (χ2v) is 6.40. The molecule has 8 nitrogen and oxygen atoms in total. The van der Waals surface area contributed by atoms with E-state index >= 15 is 0 Å². The molecule has 1 amide bonds. The summed E-state index contributed by atoms with van der Waals surface area (Å²) in [6, 6.07) is 18.7. The second kappa shape index (κ2) is 9.40. The van der Waals surface area contributed by atoms with E-state index in [2.05, 4.69) is 20.7 Å². The van der Waals surface area contributed by atoms with E-state index in [1.807, 2.05) is 60.7 Å². The summed E-state index contributed by atoms with van der Waals surface area (Å²) in [5.74, 6) is -0.735. The van der Waals surface area contributed by atoms with Crippen molar-refractivity contribution in [3.8, 4) is 11.4 Å². The quantitative estimate of drug-likeness (QED) is 0.588. The zero-order chi connectivity index (χ0) is 19.8. The number of rotatable bonds is 9. The lowest BCUT2D eigenvalue weighted by molar-refractivity contribution is -0.137. The van der Waals surface area contributed by atoms with Gasteiger partial charge in [-0.2, -0.15) is 4.80 Å². The summed E-state index contributed by atoms with van der Waals surface area (Å²) in [5, 5.41) is 24.0. The Bertz CT molecular complexity index is 912. The number of aliphatic carboxylic acids is 1. The number of carbonyl (C=O) groups is 2. The lowest BCUT2D eigenvalue weighted by Gasteiger charge is -2.18. The lowest BCUT2D eigenvalue weighted by atomic mass is 10.0. The highest BCUT2D eigenvalue weighted by molar-refractivity contribution is 5.76. The third-order valence-corrected chi connectivity index (χ3v) is 4.17. The van der Waals surface area contributed by atoms with Crippen molar-refractivity contribution < 1.29 is 14.7 Å². The van der Waals surface area contributed by atoms with Crippen molar-refractivity contribution in [2.75, 3.05) is 0 Å². The van der Waals surface area contributed by atoms with E-state index in [0.717, 1.165) is 11.1 Å². The first-order valence-electron chi connectivity index (χ1n) is 8.98. The molecule has 1 unspecified atom stereocenters. The molecule has 0 fully saturated rings. The molecule has 2 aromatic carbocycles. The maximum absolute atomic E-state index is 12.4. The molecule has 1 heterocycles. The minimum absolute atomic E-state index is 0.0164. The van der Waals surface area contributed by atoms with E-state index in [1.54, 1.807) is 0 Å². The van der Waals surface area contributed by atoms with E-state index < -0.39 is 5.97 Å². The summed E-state index contributed by atoms with van der Waals surface area (Å²) < 4.78 is 0. The Kier molecular flexibility index (Phi) is 6.46. The summed E-state index contributed by atoms with van der Waals surface area (Å²) >= 11 is 0. The number of hydrogen-bond acceptors (Lipinski definition) is 5. The predicted molar refractivity (Wildman–Crippen MR) is 102 cm³/mol. The molecule has 1 aromatic heterocycles. The van der Waals surface area contributed by atoms with Crippen molar-refractivity contribution in [3.63, 3.8) is 0 Å². The van der Waals surface area contributed by atoms with Gasteiger partial charge in [0.2, 0.25) is 11.7 Å². The van der Waals surface area contributed by atoms with Gasteiger partial charge in [-0.1, -0.05) is 60.7 Å². The summed E-state index contributed by atoms with van der Waals surface area (Å²) in [5.41, 5.74) is 1.85. The van der Waals surface area contributed by atoms with Gasteiger partial charge in [-0.15, -0.1) is 10.2 Å². The Morgan fingerprint density at radius 1 is 1.04 bits per heavy atom. The summed E-state index contributed by atoms with van der Waals surface area (Å²) in [6.45, 7) is -0.0851. The molecule has 2 N–H and O–H groups in total. The molecule has 0 spiro atoms. The lowest BCUT2D eigenvalue weighted by Crippen LogP contribution is -2.39. The monoisotopic (exact) mass is 379 g/mol. The fourth-order valence-corrected chi connectivity index (χ4v) is 2.84. The van der Waals surface area contributed by atoms with E-state index in [0.29, 0.717) is 18.7 Å². The minimum atomic E-state index is -0.891. The molecule has 144 valence electrons. The van der Waals surface area contributed by atoms with Gasteiger partial charge >= 0.3 is 5.97 Å². The third-order valence-electron chi connectivity index (χ3n) is 4.17. The number of amides is 1. The number of aromatic nitrogens is 4. The van der Waals surface area contributed by atoms with Crippen LogP contribution < -0.4 is 5.32 Å². The second-order valence-electron chi connectivity index (χ2n) is 6.40. The zero-order valence-corrected chi connectivity index (χ0v) is 15.2. The Morgan fingerprint density at radius 2 is 1.71 bits per heavy atom. The molecule has 3 aromatic rings. The van der Waals surface area contributed by atoms with Gasteiger partial charge in [0.25, 0.3) is 0 Å². The van der Waals surface area contributed by atoms with Crippen LogP contribution in [0.4, 0.5) is 0 Å². The Labute approximate surface area is 162 Å². The number of carboxylic acids is 1. The number of tetrazole rings is 1. The molecule has 8 heteroatoms. The SMILES string of the molecule is O=C(O)CCC(Cc1ccccc1)NC(=O)Cn1nnc(-c2ccccc2)n1. The fourth-order valence-electron chi connectivity index (χ4n) is 2.84. The predicted octanol–water partition coefficient (Wildman–Crippen LogP) is 1.93. The molecule has 0 bridgehead atoms. The van der Waals surface area contributed by atoms with Crippen LogP contribution in [0.5, 0.6) is 0 Å². The number of carbonyl (C=O) groups excluding carboxylic acids is 1. The maximum Gasteiger partial charge on any atom is 0.303 e. The average Bonchev–Trinajstić information content (AvgIpc) is 3.16. The van der Waals surface area contributed by atoms with Crippen molar-refractivity contribution in [1.82, 2.24) is 25.5 Å². The standard InChI is InChI=1S/C20H21N5O3/c26-18(14-25-23-20(22-24-25)16-9-5-2-6-10-16)21-17(11-12-19(27)28)13-15-7-3-1-4-8-15/h1-10,17H,11-14H2,(H,21,26)(H,27,28). The van der Waals surface area contributed by atoms with Crippen LogP contribution in [0.25, 0.3) is 11.4 Å². The normalized spacial score (nSPS) is 11.7. The highest BCUT2D eigenvalue weighted by Gasteiger charge is 2.16. The summed E-state index contributed by atoms with van der Waals surface area (Å²) in [4.78, 5) is 24.6. The first-order valence-corrected chi connectivity index (χ1v) is 8.98. The minimum Gasteiger partial charge on any atom is -0.481 e. The fraction of sp³-hybridized carbons (Fsp3) is 0.250. The molecular formula is C20H21N5O3. The topological polar surface area (TPSA) is 110 Å². The molecule has 0 radical (unpaired) electrons. The Hall–Kier alpha value is -3.55. The van der Waals surface area contributed by atoms with Gasteiger partial charge < -0.3 is 10.4 Å². The van der Waals surface area contributed by atoms with Crippen molar-refractivity contribution in [2.45, 2.75) is 31.8 Å². The van der Waals surface area contributed by atoms with Gasteiger partial charge in [-0.3, -0.25) is 9.59 Å². The smallest absolute Gasteiger partial charge is 0.303 e. The van der Waals surface area contributed by atoms with Crippen molar-refractivity contribution in [2.24, 2.45) is 0 Å². The van der Waals surface area contributed by atoms with Crippen LogP contribution in [0.3, 0.4) is 0 Å².